The zero-order chi connectivity index (χ0) is 32.8. The summed E-state index contributed by atoms with van der Waals surface area (Å²) in [6.45, 7) is 12.2. The number of aryl methyl sites for hydroxylation is 2. The van der Waals surface area contributed by atoms with Crippen molar-refractivity contribution in [1.82, 2.24) is 20.2 Å². The number of nitrogens with one attached hydrogen (secondary N) is 5. The number of ether oxygens (including phenoxy) is 1. The maximum atomic E-state index is 13.8. The molecule has 1 aliphatic carbocycles. The second-order valence-corrected chi connectivity index (χ2v) is 12.3. The van der Waals surface area contributed by atoms with E-state index >= 15 is 0 Å². The number of aromatic amines is 1. The summed E-state index contributed by atoms with van der Waals surface area (Å²) in [7, 11) is 0. The minimum absolute atomic E-state index is 0.0209. The largest absolute Gasteiger partial charge is 0.608 e. The van der Waals surface area contributed by atoms with Crippen LogP contribution >= 0.6 is 0 Å². The van der Waals surface area contributed by atoms with Gasteiger partial charge in [-0.1, -0.05) is 19.8 Å². The SMILES string of the molecule is CCOc1cc([NH+]([O-])N2CCN(CC)CC2)ccc1-c1cc(NC2CCCC2)c(C=N)c(C(=O)NCc2c(C)cc(C)[nH]c2=O)c1. The Morgan fingerprint density at radius 3 is 2.50 bits per heavy atom. The number of amides is 1. The minimum atomic E-state index is -0.384. The van der Waals surface area contributed by atoms with Crippen LogP contribution in [0.25, 0.3) is 11.1 Å². The topological polar surface area (TPSA) is 141 Å². The highest BCUT2D eigenvalue weighted by Gasteiger charge is 2.25. The number of nitrogens with zero attached hydrogens (tertiary/aromatic N) is 2. The van der Waals surface area contributed by atoms with Crippen LogP contribution < -0.4 is 26.1 Å². The number of quaternary nitrogens is 1. The molecule has 0 bridgehead atoms. The van der Waals surface area contributed by atoms with E-state index in [4.69, 9.17) is 10.1 Å². The number of H-pyrrole nitrogens is 1. The van der Waals surface area contributed by atoms with E-state index in [1.54, 1.807) is 12.1 Å². The molecule has 11 heteroatoms. The summed E-state index contributed by atoms with van der Waals surface area (Å²) in [6.07, 6.45) is 5.51. The number of pyridine rings is 1. The molecule has 1 amide bonds. The first-order valence-corrected chi connectivity index (χ1v) is 16.4. The molecule has 1 aromatic heterocycles. The Bertz CT molecular complexity index is 1610. The number of piperazine rings is 1. The molecule has 1 atom stereocenters. The molecule has 46 heavy (non-hydrogen) atoms. The fraction of sp³-hybridized carbons (Fsp3) is 0.457. The Morgan fingerprint density at radius 2 is 1.85 bits per heavy atom. The van der Waals surface area contributed by atoms with Crippen molar-refractivity contribution >= 4 is 23.5 Å². The van der Waals surface area contributed by atoms with Gasteiger partial charge in [0.1, 0.15) is 5.75 Å². The average molecular weight is 630 g/mol. The van der Waals surface area contributed by atoms with Gasteiger partial charge in [0.15, 0.2) is 5.69 Å². The maximum absolute atomic E-state index is 13.8. The first-order valence-electron chi connectivity index (χ1n) is 16.4. The van der Waals surface area contributed by atoms with Gasteiger partial charge in [0.25, 0.3) is 11.5 Å². The van der Waals surface area contributed by atoms with Gasteiger partial charge in [-0.3, -0.25) is 14.8 Å². The molecule has 3 aromatic rings. The first-order chi connectivity index (χ1) is 22.2. The lowest BCUT2D eigenvalue weighted by atomic mass is 9.95. The van der Waals surface area contributed by atoms with Crippen LogP contribution in [-0.4, -0.2) is 72.4 Å². The quantitative estimate of drug-likeness (QED) is 0.151. The van der Waals surface area contributed by atoms with Crippen LogP contribution in [-0.2, 0) is 6.54 Å². The Hall–Kier alpha value is -4.03. The van der Waals surface area contributed by atoms with Crippen molar-refractivity contribution in [3.8, 4) is 16.9 Å². The Morgan fingerprint density at radius 1 is 1.11 bits per heavy atom. The van der Waals surface area contributed by atoms with E-state index in [-0.39, 0.29) is 29.2 Å². The molecule has 0 spiro atoms. The molecular weight excluding hydrogens is 582 g/mol. The summed E-state index contributed by atoms with van der Waals surface area (Å²) in [5.41, 5.74) is 5.38. The summed E-state index contributed by atoms with van der Waals surface area (Å²) in [5.74, 6) is 0.174. The predicted molar refractivity (Wildman–Crippen MR) is 182 cm³/mol. The second-order valence-electron chi connectivity index (χ2n) is 12.3. The highest BCUT2D eigenvalue weighted by Crippen LogP contribution is 2.37. The molecule has 11 nitrogen and oxygen atoms in total. The van der Waals surface area contributed by atoms with E-state index in [2.05, 4.69) is 27.4 Å². The van der Waals surface area contributed by atoms with Gasteiger partial charge < -0.3 is 35.9 Å². The number of carbonyl (C=O) groups is 1. The summed E-state index contributed by atoms with van der Waals surface area (Å²) in [5, 5.41) is 30.2. The maximum Gasteiger partial charge on any atom is 0.253 e. The molecule has 1 saturated carbocycles. The van der Waals surface area contributed by atoms with E-state index in [1.165, 1.54) is 6.21 Å². The number of rotatable bonds is 12. The lowest BCUT2D eigenvalue weighted by molar-refractivity contribution is -0.913. The lowest BCUT2D eigenvalue weighted by Crippen LogP contribution is -3.10. The molecular formula is C35H47N7O4. The van der Waals surface area contributed by atoms with Crippen molar-refractivity contribution in [2.45, 2.75) is 66.0 Å². The highest BCUT2D eigenvalue weighted by molar-refractivity contribution is 6.06. The number of hydrogen-bond donors (Lipinski definition) is 5. The standard InChI is InChI=1S/C35H47N7O4/c1-5-40-13-15-41(16-14-40)42(45)27-11-12-28(33(20-27)46-6-2)25-18-29(30(21-36)32(19-25)39-26-9-7-8-10-26)34(43)37-22-31-23(3)17-24(4)38-35(31)44/h11-12,17-21,26,36,39,42H,5-10,13-16,22H2,1-4H3,(H,37,43)(H,38,44). The smallest absolute Gasteiger partial charge is 0.253 e. The van der Waals surface area contributed by atoms with Crippen LogP contribution in [0.1, 0.15) is 72.3 Å². The molecule has 2 aliphatic rings. The van der Waals surface area contributed by atoms with Gasteiger partial charge in [0.2, 0.25) is 0 Å². The van der Waals surface area contributed by atoms with E-state index in [0.29, 0.717) is 53.5 Å². The van der Waals surface area contributed by atoms with Gasteiger partial charge in [-0.2, -0.15) is 0 Å². The molecule has 5 N–H and O–H groups in total. The van der Waals surface area contributed by atoms with Crippen molar-refractivity contribution in [3.05, 3.63) is 79.9 Å². The van der Waals surface area contributed by atoms with Gasteiger partial charge in [-0.25, -0.2) is 0 Å². The molecule has 246 valence electrons. The molecule has 5 rings (SSSR count). The highest BCUT2D eigenvalue weighted by atomic mass is 16.5. The zero-order valence-electron chi connectivity index (χ0n) is 27.4. The normalized spacial score (nSPS) is 16.7. The van der Waals surface area contributed by atoms with E-state index < -0.39 is 0 Å². The molecule has 2 aromatic carbocycles. The summed E-state index contributed by atoms with van der Waals surface area (Å²) >= 11 is 0. The van der Waals surface area contributed by atoms with Crippen molar-refractivity contribution < 1.29 is 14.7 Å². The summed E-state index contributed by atoms with van der Waals surface area (Å²) in [6, 6.07) is 11.4. The molecule has 2 heterocycles. The van der Waals surface area contributed by atoms with Crippen molar-refractivity contribution in [3.63, 3.8) is 0 Å². The number of anilines is 1. The third-order valence-electron chi connectivity index (χ3n) is 9.15. The van der Waals surface area contributed by atoms with Crippen LogP contribution in [0.2, 0.25) is 0 Å². The third kappa shape index (κ3) is 7.50. The number of aromatic nitrogens is 1. The monoisotopic (exact) mass is 629 g/mol. The fourth-order valence-corrected chi connectivity index (χ4v) is 6.55. The van der Waals surface area contributed by atoms with Gasteiger partial charge in [-0.05, 0) is 75.5 Å². The van der Waals surface area contributed by atoms with E-state index in [0.717, 1.165) is 67.7 Å². The molecule has 2 fully saturated rings. The molecule has 1 unspecified atom stereocenters. The Labute approximate surface area is 271 Å². The van der Waals surface area contributed by atoms with Crippen molar-refractivity contribution in [1.29, 1.82) is 5.41 Å². The number of benzene rings is 2. The number of carbonyl (C=O) groups excluding carboxylic acids is 1. The van der Waals surface area contributed by atoms with Gasteiger partial charge >= 0.3 is 0 Å². The van der Waals surface area contributed by atoms with Crippen LogP contribution in [0.3, 0.4) is 0 Å². The fourth-order valence-electron chi connectivity index (χ4n) is 6.55. The first kappa shape index (κ1) is 33.3. The van der Waals surface area contributed by atoms with Gasteiger partial charge in [-0.15, -0.1) is 5.01 Å². The Balaban J connectivity index is 1.51. The van der Waals surface area contributed by atoms with Crippen LogP contribution in [0, 0.1) is 24.5 Å². The number of hydrogen-bond acceptors (Lipinski definition) is 8. The lowest BCUT2D eigenvalue weighted by Gasteiger charge is -2.39. The summed E-state index contributed by atoms with van der Waals surface area (Å²) < 4.78 is 6.09. The van der Waals surface area contributed by atoms with E-state index in [1.807, 2.05) is 50.0 Å². The van der Waals surface area contributed by atoms with Crippen molar-refractivity contribution in [2.24, 2.45) is 0 Å². The molecule has 1 saturated heterocycles. The van der Waals surface area contributed by atoms with Crippen LogP contribution in [0.4, 0.5) is 11.4 Å². The van der Waals surface area contributed by atoms with Crippen LogP contribution in [0.15, 0.2) is 41.2 Å². The number of likely N-dealkylation sites (N-methyl/N-ethyl adjacent to an activating group) is 1. The average Bonchev–Trinajstić information content (AvgIpc) is 3.56. The molecule has 1 aliphatic heterocycles. The minimum Gasteiger partial charge on any atom is -0.608 e. The van der Waals surface area contributed by atoms with Crippen molar-refractivity contribution in [2.75, 3.05) is 44.6 Å². The zero-order valence-corrected chi connectivity index (χ0v) is 27.4. The third-order valence-corrected chi connectivity index (χ3v) is 9.15. The molecule has 0 radical (unpaired) electrons. The second kappa shape index (κ2) is 15.0. The predicted octanol–water partition coefficient (Wildman–Crippen LogP) is 3.91. The van der Waals surface area contributed by atoms with E-state index in [9.17, 15) is 14.8 Å². The summed E-state index contributed by atoms with van der Waals surface area (Å²) in [4.78, 5) is 31.6. The van der Waals surface area contributed by atoms with Gasteiger partial charge in [0.05, 0.1) is 25.3 Å². The van der Waals surface area contributed by atoms with Crippen LogP contribution in [0.5, 0.6) is 5.75 Å². The Kier molecular flexibility index (Phi) is 10.9. The van der Waals surface area contributed by atoms with Gasteiger partial charge in [0, 0.05) is 72.1 Å².